The van der Waals surface area contributed by atoms with Crippen LogP contribution in [0.3, 0.4) is 0 Å². The van der Waals surface area contributed by atoms with Crippen LogP contribution in [0, 0.1) is 0 Å². The van der Waals surface area contributed by atoms with Crippen molar-refractivity contribution in [3.05, 3.63) is 59.7 Å². The van der Waals surface area contributed by atoms with Crippen molar-refractivity contribution in [1.82, 2.24) is 5.32 Å². The molecule has 0 aliphatic heterocycles. The first kappa shape index (κ1) is 17.9. The molecule has 6 heteroatoms. The van der Waals surface area contributed by atoms with Gasteiger partial charge >= 0.3 is 12.1 Å². The molecule has 1 aliphatic rings. The predicted molar refractivity (Wildman–Crippen MR) is 94.8 cm³/mol. The van der Waals surface area contributed by atoms with Crippen molar-refractivity contribution in [1.29, 1.82) is 0 Å². The summed E-state index contributed by atoms with van der Waals surface area (Å²) in [6.45, 7) is -0.699. The molecule has 2 aromatic rings. The van der Waals surface area contributed by atoms with Gasteiger partial charge in [-0.2, -0.15) is 0 Å². The Bertz CT molecular complexity index is 762. The molecule has 0 saturated heterocycles. The van der Waals surface area contributed by atoms with E-state index in [1.807, 2.05) is 48.5 Å². The van der Waals surface area contributed by atoms with Crippen LogP contribution in [0.15, 0.2) is 48.5 Å². The number of aliphatic carboxylic acids is 1. The van der Waals surface area contributed by atoms with Gasteiger partial charge in [0.1, 0.15) is 13.3 Å². The third-order valence-electron chi connectivity index (χ3n) is 4.56. The minimum absolute atomic E-state index is 0.0238. The first-order valence-electron chi connectivity index (χ1n) is 8.49. The summed E-state index contributed by atoms with van der Waals surface area (Å²) in [5.74, 6) is -1.10. The number of hydrogen-bond acceptors (Lipinski definition) is 3. The highest BCUT2D eigenvalue weighted by molar-refractivity contribution is 5.79. The molecule has 1 aliphatic carbocycles. The number of benzene rings is 2. The zero-order chi connectivity index (χ0) is 18.5. The number of rotatable bonds is 7. The summed E-state index contributed by atoms with van der Waals surface area (Å²) in [5, 5.41) is 11.1. The van der Waals surface area contributed by atoms with Crippen LogP contribution in [0.5, 0.6) is 0 Å². The van der Waals surface area contributed by atoms with Crippen LogP contribution in [0.4, 0.5) is 9.18 Å². The highest BCUT2D eigenvalue weighted by atomic mass is 19.1. The number of ether oxygens (including phenoxy) is 1. The average molecular weight is 357 g/mol. The second-order valence-electron chi connectivity index (χ2n) is 6.25. The van der Waals surface area contributed by atoms with E-state index < -0.39 is 24.8 Å². The molecule has 0 bridgehead atoms. The van der Waals surface area contributed by atoms with Crippen LogP contribution >= 0.6 is 0 Å². The number of alkyl carbamates (subject to hydrolysis) is 1. The number of nitrogens with one attached hydrogen (secondary N) is 1. The third-order valence-corrected chi connectivity index (χ3v) is 4.56. The van der Waals surface area contributed by atoms with Gasteiger partial charge in [-0.15, -0.1) is 0 Å². The van der Waals surface area contributed by atoms with Gasteiger partial charge in [-0.25, -0.2) is 9.18 Å². The monoisotopic (exact) mass is 357 g/mol. The molecular weight excluding hydrogens is 337 g/mol. The normalized spacial score (nSPS) is 13.6. The highest BCUT2D eigenvalue weighted by Gasteiger charge is 2.29. The zero-order valence-electron chi connectivity index (χ0n) is 14.2. The fourth-order valence-electron chi connectivity index (χ4n) is 3.29. The van der Waals surface area contributed by atoms with Crippen molar-refractivity contribution in [2.45, 2.75) is 24.8 Å². The van der Waals surface area contributed by atoms with E-state index in [9.17, 15) is 14.0 Å². The lowest BCUT2D eigenvalue weighted by Crippen LogP contribution is -2.37. The molecule has 0 fully saturated rings. The van der Waals surface area contributed by atoms with Gasteiger partial charge in [-0.1, -0.05) is 48.5 Å². The summed E-state index contributed by atoms with van der Waals surface area (Å²) in [7, 11) is 0. The Morgan fingerprint density at radius 1 is 1.08 bits per heavy atom. The number of carboxylic acids is 1. The summed E-state index contributed by atoms with van der Waals surface area (Å²) in [6.07, 6.45) is -0.922. The molecule has 1 atom stereocenters. The van der Waals surface area contributed by atoms with Crippen LogP contribution < -0.4 is 5.32 Å². The average Bonchev–Trinajstić information content (AvgIpc) is 2.97. The van der Waals surface area contributed by atoms with E-state index in [1.165, 1.54) is 0 Å². The van der Waals surface area contributed by atoms with Crippen molar-refractivity contribution in [2.75, 3.05) is 13.3 Å². The van der Waals surface area contributed by atoms with E-state index in [2.05, 4.69) is 5.32 Å². The molecule has 1 amide bonds. The Hall–Kier alpha value is -2.89. The number of hydrogen-bond donors (Lipinski definition) is 2. The van der Waals surface area contributed by atoms with Gasteiger partial charge in [-0.3, -0.25) is 4.79 Å². The lowest BCUT2D eigenvalue weighted by Gasteiger charge is -2.17. The van der Waals surface area contributed by atoms with Crippen molar-refractivity contribution >= 4 is 12.1 Å². The second-order valence-corrected chi connectivity index (χ2v) is 6.25. The predicted octanol–water partition coefficient (Wildman–Crippen LogP) is 3.73. The molecule has 0 heterocycles. The molecule has 5 nitrogen and oxygen atoms in total. The van der Waals surface area contributed by atoms with Crippen molar-refractivity contribution < 1.29 is 23.8 Å². The van der Waals surface area contributed by atoms with Gasteiger partial charge in [0, 0.05) is 12.3 Å². The van der Waals surface area contributed by atoms with E-state index in [0.717, 1.165) is 22.3 Å². The minimum Gasteiger partial charge on any atom is -0.481 e. The fraction of sp³-hybridized carbons (Fsp3) is 0.300. The lowest BCUT2D eigenvalue weighted by molar-refractivity contribution is -0.137. The van der Waals surface area contributed by atoms with Crippen LogP contribution in [-0.4, -0.2) is 36.5 Å². The standard InChI is InChI=1S/C20H20FNO4/c21-11-13(9-10-19(23)24)22-20(25)26-12-18-16-7-3-1-5-14(16)15-6-2-4-8-17(15)18/h1-8,13,18H,9-12H2,(H,22,25)(H,23,24)/t13-/m0/s1. The fourth-order valence-corrected chi connectivity index (χ4v) is 3.29. The first-order chi connectivity index (χ1) is 12.6. The maximum Gasteiger partial charge on any atom is 0.407 e. The summed E-state index contributed by atoms with van der Waals surface area (Å²) in [4.78, 5) is 22.6. The van der Waals surface area contributed by atoms with E-state index in [0.29, 0.717) is 0 Å². The summed E-state index contributed by atoms with van der Waals surface area (Å²) >= 11 is 0. The quantitative estimate of drug-likeness (QED) is 0.792. The Morgan fingerprint density at radius 3 is 2.19 bits per heavy atom. The third kappa shape index (κ3) is 3.85. The van der Waals surface area contributed by atoms with Gasteiger partial charge in [0.05, 0.1) is 6.04 Å². The second kappa shape index (κ2) is 7.99. The van der Waals surface area contributed by atoms with Crippen molar-refractivity contribution in [2.24, 2.45) is 0 Å². The Morgan fingerprint density at radius 2 is 1.65 bits per heavy atom. The van der Waals surface area contributed by atoms with Gasteiger partial charge < -0.3 is 15.2 Å². The number of fused-ring (bicyclic) bond motifs is 3. The maximum atomic E-state index is 12.9. The van der Waals surface area contributed by atoms with E-state index in [1.54, 1.807) is 0 Å². The molecule has 0 radical (unpaired) electrons. The van der Waals surface area contributed by atoms with Gasteiger partial charge in [-0.05, 0) is 28.7 Å². The molecular formula is C20H20FNO4. The van der Waals surface area contributed by atoms with Crippen LogP contribution in [-0.2, 0) is 9.53 Å². The molecule has 2 N–H and O–H groups in total. The van der Waals surface area contributed by atoms with Crippen LogP contribution in [0.25, 0.3) is 11.1 Å². The number of alkyl halides is 1. The molecule has 0 unspecified atom stereocenters. The van der Waals surface area contributed by atoms with Crippen molar-refractivity contribution in [3.63, 3.8) is 0 Å². The number of carbonyl (C=O) groups is 2. The SMILES string of the molecule is O=C(O)CC[C@@H](CF)NC(=O)OCC1c2ccccc2-c2ccccc21. The molecule has 136 valence electrons. The highest BCUT2D eigenvalue weighted by Crippen LogP contribution is 2.44. The summed E-state index contributed by atoms with van der Waals surface area (Å²) in [6, 6.07) is 15.1. The zero-order valence-corrected chi connectivity index (χ0v) is 14.2. The lowest BCUT2D eigenvalue weighted by atomic mass is 9.98. The molecule has 26 heavy (non-hydrogen) atoms. The van der Waals surface area contributed by atoms with Gasteiger partial charge in [0.2, 0.25) is 0 Å². The van der Waals surface area contributed by atoms with E-state index >= 15 is 0 Å². The Labute approximate surface area is 150 Å². The number of amides is 1. The Balaban J connectivity index is 1.64. The maximum absolute atomic E-state index is 12.9. The van der Waals surface area contributed by atoms with E-state index in [4.69, 9.17) is 9.84 Å². The number of carboxylic acid groups (broad SMARTS) is 1. The smallest absolute Gasteiger partial charge is 0.407 e. The molecule has 3 rings (SSSR count). The topological polar surface area (TPSA) is 75.6 Å². The number of carbonyl (C=O) groups excluding carboxylic acids is 1. The van der Waals surface area contributed by atoms with E-state index in [-0.39, 0.29) is 25.4 Å². The molecule has 2 aromatic carbocycles. The van der Waals surface area contributed by atoms with Crippen LogP contribution in [0.1, 0.15) is 29.9 Å². The largest absolute Gasteiger partial charge is 0.481 e. The minimum atomic E-state index is -1.03. The summed E-state index contributed by atoms with van der Waals surface area (Å²) < 4.78 is 18.3. The van der Waals surface area contributed by atoms with Crippen LogP contribution in [0.2, 0.25) is 0 Å². The van der Waals surface area contributed by atoms with Gasteiger partial charge in [0.15, 0.2) is 0 Å². The Kier molecular flexibility index (Phi) is 5.51. The van der Waals surface area contributed by atoms with Gasteiger partial charge in [0.25, 0.3) is 0 Å². The molecule has 0 saturated carbocycles. The van der Waals surface area contributed by atoms with Crippen molar-refractivity contribution in [3.8, 4) is 11.1 Å². The molecule has 0 aromatic heterocycles. The first-order valence-corrected chi connectivity index (χ1v) is 8.49. The number of halogens is 1. The molecule has 0 spiro atoms. The summed E-state index contributed by atoms with van der Waals surface area (Å²) in [5.41, 5.74) is 4.43.